The van der Waals surface area contributed by atoms with E-state index >= 15 is 0 Å². The van der Waals surface area contributed by atoms with Gasteiger partial charge in [0.1, 0.15) is 0 Å². The molecule has 1 aliphatic rings. The number of aromatic nitrogens is 1. The number of hydrogen-bond donors (Lipinski definition) is 0. The fourth-order valence-electron chi connectivity index (χ4n) is 11.0. The van der Waals surface area contributed by atoms with Crippen molar-refractivity contribution < 1.29 is 0 Å². The molecule has 0 spiro atoms. The van der Waals surface area contributed by atoms with Crippen LogP contribution in [-0.2, 0) is 5.41 Å². The highest BCUT2D eigenvalue weighted by Crippen LogP contribution is 2.56. The smallest absolute Gasteiger partial charge is 0.0713 e. The van der Waals surface area contributed by atoms with Crippen LogP contribution in [0, 0.1) is 0 Å². The Morgan fingerprint density at radius 1 is 0.299 bits per heavy atom. The van der Waals surface area contributed by atoms with E-state index in [1.165, 1.54) is 88.2 Å². The van der Waals surface area contributed by atoms with Gasteiger partial charge in [0.15, 0.2) is 0 Å². The Hall–Kier alpha value is -8.72. The summed E-state index contributed by atoms with van der Waals surface area (Å²) in [4.78, 5) is 2.36. The molecule has 0 amide bonds. The third-order valence-corrected chi connectivity index (χ3v) is 14.1. The molecule has 11 aromatic carbocycles. The first-order valence-electron chi connectivity index (χ1n) is 23.2. The molecule has 1 heterocycles. The number of anilines is 3. The molecule has 0 saturated carbocycles. The minimum atomic E-state index is -0.468. The normalized spacial score (nSPS) is 12.6. The molecular weight excluding hydrogens is 809 g/mol. The first-order chi connectivity index (χ1) is 33.2. The summed E-state index contributed by atoms with van der Waals surface area (Å²) in [7, 11) is 0. The molecule has 1 aromatic heterocycles. The quantitative estimate of drug-likeness (QED) is 0.148. The molecule has 0 saturated heterocycles. The third kappa shape index (κ3) is 6.26. The number of nitrogens with zero attached hydrogens (tertiary/aromatic N) is 2. The van der Waals surface area contributed by atoms with Gasteiger partial charge in [0.25, 0.3) is 0 Å². The van der Waals surface area contributed by atoms with Crippen LogP contribution in [-0.4, -0.2) is 4.57 Å². The van der Waals surface area contributed by atoms with Gasteiger partial charge in [-0.05, 0) is 139 Å². The van der Waals surface area contributed by atoms with Crippen molar-refractivity contribution in [1.29, 1.82) is 0 Å². The van der Waals surface area contributed by atoms with Crippen molar-refractivity contribution in [2.24, 2.45) is 0 Å². The molecule has 12 aromatic rings. The molecule has 0 fully saturated rings. The van der Waals surface area contributed by atoms with Crippen molar-refractivity contribution >= 4 is 49.6 Å². The zero-order valence-electron chi connectivity index (χ0n) is 36.8. The molecule has 13 rings (SSSR count). The Morgan fingerprint density at radius 3 is 1.46 bits per heavy atom. The highest BCUT2D eigenvalue weighted by Gasteiger charge is 2.46. The van der Waals surface area contributed by atoms with Gasteiger partial charge in [-0.25, -0.2) is 0 Å². The van der Waals surface area contributed by atoms with Crippen LogP contribution in [0.3, 0.4) is 0 Å². The number of benzene rings is 11. The Labute approximate surface area is 390 Å². The summed E-state index contributed by atoms with van der Waals surface area (Å²) in [5.41, 5.74) is 18.9. The van der Waals surface area contributed by atoms with Crippen molar-refractivity contribution in [1.82, 2.24) is 4.57 Å². The van der Waals surface area contributed by atoms with E-state index in [4.69, 9.17) is 0 Å². The largest absolute Gasteiger partial charge is 0.311 e. The Balaban J connectivity index is 0.927. The van der Waals surface area contributed by atoms with Crippen LogP contribution in [0.5, 0.6) is 0 Å². The number of para-hydroxylation sites is 1. The molecule has 0 atom stereocenters. The monoisotopic (exact) mass is 852 g/mol. The summed E-state index contributed by atoms with van der Waals surface area (Å²) < 4.78 is 2.43. The molecule has 2 heteroatoms. The lowest BCUT2D eigenvalue weighted by atomic mass is 9.67. The summed E-state index contributed by atoms with van der Waals surface area (Å²) in [6.45, 7) is 0. The van der Waals surface area contributed by atoms with E-state index in [1.807, 2.05) is 0 Å². The standard InChI is InChI=1S/C65H44N2/c1-3-15-45(16-4-1)47-29-34-53(35-30-47)66(54-36-31-48(32-37-54)50-28-27-46-17-7-8-18-49(46)43-50)55-38-40-56(41-39-55)67-63-26-14-11-23-59(63)60-44-52(33-42-64(60)67)65(51-19-5-2-6-20-51)61-24-12-9-21-57(61)58-22-10-13-25-62(58)65/h1-44H. The van der Waals surface area contributed by atoms with Gasteiger partial charge >= 0.3 is 0 Å². The lowest BCUT2D eigenvalue weighted by Gasteiger charge is -2.34. The summed E-state index contributed by atoms with van der Waals surface area (Å²) in [5, 5.41) is 4.97. The van der Waals surface area contributed by atoms with Crippen LogP contribution in [0.25, 0.3) is 71.6 Å². The zero-order valence-corrected chi connectivity index (χ0v) is 36.8. The summed E-state index contributed by atoms with van der Waals surface area (Å²) in [5.74, 6) is 0. The second-order valence-corrected chi connectivity index (χ2v) is 17.7. The minimum Gasteiger partial charge on any atom is -0.311 e. The molecule has 67 heavy (non-hydrogen) atoms. The van der Waals surface area contributed by atoms with Gasteiger partial charge in [-0.3, -0.25) is 0 Å². The molecule has 0 bridgehead atoms. The fourth-order valence-corrected chi connectivity index (χ4v) is 11.0. The highest BCUT2D eigenvalue weighted by molar-refractivity contribution is 6.10. The Bertz CT molecular complexity index is 3730. The van der Waals surface area contributed by atoms with Gasteiger partial charge in [0.2, 0.25) is 0 Å². The van der Waals surface area contributed by atoms with E-state index < -0.39 is 5.41 Å². The average molecular weight is 853 g/mol. The average Bonchev–Trinajstić information content (AvgIpc) is 3.90. The molecule has 314 valence electrons. The van der Waals surface area contributed by atoms with Gasteiger partial charge < -0.3 is 9.47 Å². The molecular formula is C65H44N2. The van der Waals surface area contributed by atoms with Crippen molar-refractivity contribution in [2.75, 3.05) is 4.90 Å². The maximum atomic E-state index is 2.47. The van der Waals surface area contributed by atoms with Crippen LogP contribution in [0.2, 0.25) is 0 Å². The van der Waals surface area contributed by atoms with Crippen molar-refractivity contribution in [3.8, 4) is 39.1 Å². The number of hydrogen-bond acceptors (Lipinski definition) is 1. The first kappa shape index (κ1) is 38.7. The molecule has 2 nitrogen and oxygen atoms in total. The van der Waals surface area contributed by atoms with Crippen LogP contribution >= 0.6 is 0 Å². The Kier molecular flexibility index (Phi) is 9.11. The van der Waals surface area contributed by atoms with Crippen molar-refractivity contribution in [2.45, 2.75) is 5.41 Å². The molecule has 1 aliphatic carbocycles. The second-order valence-electron chi connectivity index (χ2n) is 17.7. The molecule has 0 radical (unpaired) electrons. The van der Waals surface area contributed by atoms with Crippen molar-refractivity contribution in [3.63, 3.8) is 0 Å². The minimum absolute atomic E-state index is 0.468. The Morgan fingerprint density at radius 2 is 0.791 bits per heavy atom. The maximum Gasteiger partial charge on any atom is 0.0713 e. The highest BCUT2D eigenvalue weighted by atomic mass is 15.1. The topological polar surface area (TPSA) is 8.17 Å². The lowest BCUT2D eigenvalue weighted by molar-refractivity contribution is 0.770. The van der Waals surface area contributed by atoms with Gasteiger partial charge in [-0.2, -0.15) is 0 Å². The van der Waals surface area contributed by atoms with Gasteiger partial charge in [0.05, 0.1) is 16.4 Å². The third-order valence-electron chi connectivity index (χ3n) is 14.1. The lowest BCUT2D eigenvalue weighted by Crippen LogP contribution is -2.28. The van der Waals surface area contributed by atoms with E-state index in [-0.39, 0.29) is 0 Å². The van der Waals surface area contributed by atoms with Crippen molar-refractivity contribution in [3.05, 3.63) is 289 Å². The van der Waals surface area contributed by atoms with Gasteiger partial charge in [-0.1, -0.05) is 194 Å². The number of rotatable bonds is 8. The molecule has 0 aliphatic heterocycles. The summed E-state index contributed by atoms with van der Waals surface area (Å²) in [6, 6.07) is 98.0. The first-order valence-corrected chi connectivity index (χ1v) is 23.2. The fraction of sp³-hybridized carbons (Fsp3) is 0.0154. The van der Waals surface area contributed by atoms with Crippen LogP contribution < -0.4 is 4.90 Å². The van der Waals surface area contributed by atoms with Crippen LogP contribution in [0.1, 0.15) is 22.3 Å². The predicted octanol–water partition coefficient (Wildman–Crippen LogP) is 17.1. The zero-order chi connectivity index (χ0) is 44.3. The molecule has 0 unspecified atom stereocenters. The van der Waals surface area contributed by atoms with Crippen LogP contribution in [0.4, 0.5) is 17.1 Å². The van der Waals surface area contributed by atoms with E-state index in [2.05, 4.69) is 276 Å². The van der Waals surface area contributed by atoms with E-state index in [1.54, 1.807) is 0 Å². The maximum absolute atomic E-state index is 2.47. The van der Waals surface area contributed by atoms with E-state index in [0.29, 0.717) is 0 Å². The van der Waals surface area contributed by atoms with Crippen LogP contribution in [0.15, 0.2) is 267 Å². The SMILES string of the molecule is c1ccc(-c2ccc(N(c3ccc(-c4ccc5ccccc5c4)cc3)c3ccc(-n4c5ccccc5c5cc(C6(c7ccccc7)c7ccccc7-c7ccccc76)ccc54)cc3)cc2)cc1. The van der Waals surface area contributed by atoms with Gasteiger partial charge in [-0.15, -0.1) is 0 Å². The van der Waals surface area contributed by atoms with E-state index in [0.717, 1.165) is 22.7 Å². The summed E-state index contributed by atoms with van der Waals surface area (Å²) in [6.07, 6.45) is 0. The predicted molar refractivity (Wildman–Crippen MR) is 281 cm³/mol. The number of fused-ring (bicyclic) bond motifs is 7. The molecule has 0 N–H and O–H groups in total. The summed E-state index contributed by atoms with van der Waals surface area (Å²) >= 11 is 0. The second kappa shape index (κ2) is 15.8. The van der Waals surface area contributed by atoms with Gasteiger partial charge in [0, 0.05) is 33.5 Å². The van der Waals surface area contributed by atoms with E-state index in [9.17, 15) is 0 Å².